The number of nitrogens with zero attached hydrogens (tertiary/aromatic N) is 2. The molecule has 0 aromatic heterocycles. The van der Waals surface area contributed by atoms with Crippen LogP contribution >= 0.6 is 0 Å². The Morgan fingerprint density at radius 1 is 1.00 bits per heavy atom. The van der Waals surface area contributed by atoms with Crippen LogP contribution in [-0.2, 0) is 4.79 Å². The summed E-state index contributed by atoms with van der Waals surface area (Å²) in [6, 6.07) is 6.53. The highest BCUT2D eigenvalue weighted by Gasteiger charge is 2.40. The standard InChI is InChI=1S/C17H23N3O3/c18-17(7-3-4-8-17)16(23)20-11-9-19(10-12-20)15(22)13-5-1-2-6-14(13)21/h1-2,5-6,21H,3-4,7-12,18H2. The molecular weight excluding hydrogens is 294 g/mol. The highest BCUT2D eigenvalue weighted by Crippen LogP contribution is 2.29. The van der Waals surface area contributed by atoms with E-state index in [1.807, 2.05) is 0 Å². The fourth-order valence-electron chi connectivity index (χ4n) is 3.47. The van der Waals surface area contributed by atoms with Crippen molar-refractivity contribution in [1.29, 1.82) is 0 Å². The molecular formula is C17H23N3O3. The molecule has 0 atom stereocenters. The summed E-state index contributed by atoms with van der Waals surface area (Å²) in [6.07, 6.45) is 3.52. The maximum Gasteiger partial charge on any atom is 0.257 e. The largest absolute Gasteiger partial charge is 0.507 e. The molecule has 3 rings (SSSR count). The van der Waals surface area contributed by atoms with E-state index in [2.05, 4.69) is 0 Å². The molecule has 6 heteroatoms. The van der Waals surface area contributed by atoms with Gasteiger partial charge < -0.3 is 20.6 Å². The van der Waals surface area contributed by atoms with E-state index < -0.39 is 5.54 Å². The van der Waals surface area contributed by atoms with E-state index in [-0.39, 0.29) is 17.6 Å². The SMILES string of the molecule is NC1(C(=O)N2CCN(C(=O)c3ccccc3O)CC2)CCCC1. The van der Waals surface area contributed by atoms with E-state index in [0.717, 1.165) is 25.7 Å². The second-order valence-corrected chi connectivity index (χ2v) is 6.46. The van der Waals surface area contributed by atoms with Crippen molar-refractivity contribution in [3.05, 3.63) is 29.8 Å². The van der Waals surface area contributed by atoms with E-state index in [1.54, 1.807) is 28.0 Å². The van der Waals surface area contributed by atoms with Gasteiger partial charge in [-0.3, -0.25) is 9.59 Å². The van der Waals surface area contributed by atoms with Gasteiger partial charge in [0.05, 0.1) is 11.1 Å². The molecule has 1 aliphatic heterocycles. The summed E-state index contributed by atoms with van der Waals surface area (Å²) in [5, 5.41) is 9.80. The molecule has 2 aliphatic rings. The first kappa shape index (κ1) is 15.8. The Labute approximate surface area is 135 Å². The van der Waals surface area contributed by atoms with Gasteiger partial charge in [0.15, 0.2) is 0 Å². The van der Waals surface area contributed by atoms with Crippen LogP contribution in [0.2, 0.25) is 0 Å². The monoisotopic (exact) mass is 317 g/mol. The number of para-hydroxylation sites is 1. The number of benzene rings is 1. The summed E-state index contributed by atoms with van der Waals surface area (Å²) < 4.78 is 0. The number of carbonyl (C=O) groups excluding carboxylic acids is 2. The highest BCUT2D eigenvalue weighted by molar-refractivity contribution is 5.97. The van der Waals surface area contributed by atoms with Crippen molar-refractivity contribution in [3.63, 3.8) is 0 Å². The van der Waals surface area contributed by atoms with Crippen molar-refractivity contribution in [3.8, 4) is 5.75 Å². The van der Waals surface area contributed by atoms with Crippen LogP contribution in [0.5, 0.6) is 5.75 Å². The van der Waals surface area contributed by atoms with Crippen molar-refractivity contribution < 1.29 is 14.7 Å². The molecule has 1 aromatic carbocycles. The zero-order chi connectivity index (χ0) is 16.4. The Morgan fingerprint density at radius 2 is 1.57 bits per heavy atom. The Hall–Kier alpha value is -2.08. The van der Waals surface area contributed by atoms with Crippen LogP contribution < -0.4 is 5.73 Å². The molecule has 0 bridgehead atoms. The molecule has 124 valence electrons. The number of phenols is 1. The lowest BCUT2D eigenvalue weighted by Crippen LogP contribution is -2.59. The maximum atomic E-state index is 12.6. The second kappa shape index (κ2) is 6.20. The van der Waals surface area contributed by atoms with E-state index in [0.29, 0.717) is 31.7 Å². The van der Waals surface area contributed by atoms with Crippen LogP contribution in [0.4, 0.5) is 0 Å². The fraction of sp³-hybridized carbons (Fsp3) is 0.529. The molecule has 23 heavy (non-hydrogen) atoms. The summed E-state index contributed by atoms with van der Waals surface area (Å²) in [4.78, 5) is 28.5. The van der Waals surface area contributed by atoms with Gasteiger partial charge in [-0.1, -0.05) is 25.0 Å². The van der Waals surface area contributed by atoms with Gasteiger partial charge in [-0.25, -0.2) is 0 Å². The second-order valence-electron chi connectivity index (χ2n) is 6.46. The first-order valence-corrected chi connectivity index (χ1v) is 8.17. The topological polar surface area (TPSA) is 86.9 Å². The Kier molecular flexibility index (Phi) is 4.26. The molecule has 0 radical (unpaired) electrons. The summed E-state index contributed by atoms with van der Waals surface area (Å²) in [5.74, 6) is -0.189. The number of phenolic OH excluding ortho intramolecular Hbond substituents is 1. The Balaban J connectivity index is 1.61. The van der Waals surface area contributed by atoms with E-state index >= 15 is 0 Å². The van der Waals surface area contributed by atoms with Crippen molar-refractivity contribution in [2.75, 3.05) is 26.2 Å². The number of hydrogen-bond donors (Lipinski definition) is 2. The molecule has 3 N–H and O–H groups in total. The fourth-order valence-corrected chi connectivity index (χ4v) is 3.47. The highest BCUT2D eigenvalue weighted by atomic mass is 16.3. The van der Waals surface area contributed by atoms with Gasteiger partial charge in [0.25, 0.3) is 5.91 Å². The summed E-state index contributed by atoms with van der Waals surface area (Å²) in [6.45, 7) is 1.93. The zero-order valence-electron chi connectivity index (χ0n) is 13.2. The predicted octanol–water partition coefficient (Wildman–Crippen LogP) is 0.948. The number of carbonyl (C=O) groups is 2. The minimum absolute atomic E-state index is 0.0112. The molecule has 6 nitrogen and oxygen atoms in total. The molecule has 2 fully saturated rings. The van der Waals surface area contributed by atoms with E-state index in [4.69, 9.17) is 5.73 Å². The van der Waals surface area contributed by atoms with Gasteiger partial charge in [-0.05, 0) is 25.0 Å². The first-order chi connectivity index (χ1) is 11.0. The quantitative estimate of drug-likeness (QED) is 0.850. The number of aromatic hydroxyl groups is 1. The van der Waals surface area contributed by atoms with Crippen LogP contribution in [0.15, 0.2) is 24.3 Å². The first-order valence-electron chi connectivity index (χ1n) is 8.17. The molecule has 0 unspecified atom stereocenters. The molecule has 1 aromatic rings. The lowest BCUT2D eigenvalue weighted by Gasteiger charge is -2.38. The smallest absolute Gasteiger partial charge is 0.257 e. The minimum atomic E-state index is -0.704. The average Bonchev–Trinajstić information content (AvgIpc) is 3.02. The van der Waals surface area contributed by atoms with Crippen LogP contribution in [0.3, 0.4) is 0 Å². The summed E-state index contributed by atoms with van der Waals surface area (Å²) in [5.41, 5.74) is 5.83. The van der Waals surface area contributed by atoms with Crippen molar-refractivity contribution >= 4 is 11.8 Å². The van der Waals surface area contributed by atoms with Gasteiger partial charge in [-0.2, -0.15) is 0 Å². The third kappa shape index (κ3) is 3.03. The van der Waals surface area contributed by atoms with Gasteiger partial charge in [0.1, 0.15) is 5.75 Å². The lowest BCUT2D eigenvalue weighted by molar-refractivity contribution is -0.138. The number of piperazine rings is 1. The molecule has 2 amide bonds. The maximum absolute atomic E-state index is 12.6. The number of amides is 2. The molecule has 1 saturated heterocycles. The van der Waals surface area contributed by atoms with Gasteiger partial charge in [0, 0.05) is 26.2 Å². The minimum Gasteiger partial charge on any atom is -0.507 e. The molecule has 1 heterocycles. The van der Waals surface area contributed by atoms with Crippen LogP contribution in [0.1, 0.15) is 36.0 Å². The predicted molar refractivity (Wildman–Crippen MR) is 86.0 cm³/mol. The number of nitrogens with two attached hydrogens (primary N) is 1. The van der Waals surface area contributed by atoms with Crippen molar-refractivity contribution in [2.45, 2.75) is 31.2 Å². The van der Waals surface area contributed by atoms with Gasteiger partial charge >= 0.3 is 0 Å². The molecule has 1 saturated carbocycles. The molecule has 1 aliphatic carbocycles. The Bertz CT molecular complexity index is 603. The number of hydrogen-bond acceptors (Lipinski definition) is 4. The Morgan fingerprint density at radius 3 is 2.17 bits per heavy atom. The van der Waals surface area contributed by atoms with Gasteiger partial charge in [0.2, 0.25) is 5.91 Å². The zero-order valence-corrected chi connectivity index (χ0v) is 13.2. The van der Waals surface area contributed by atoms with Gasteiger partial charge in [-0.15, -0.1) is 0 Å². The third-order valence-electron chi connectivity index (χ3n) is 4.91. The summed E-state index contributed by atoms with van der Waals surface area (Å²) in [7, 11) is 0. The lowest BCUT2D eigenvalue weighted by atomic mass is 9.97. The average molecular weight is 317 g/mol. The number of rotatable bonds is 2. The van der Waals surface area contributed by atoms with Crippen LogP contribution in [-0.4, -0.2) is 58.4 Å². The van der Waals surface area contributed by atoms with Crippen molar-refractivity contribution in [1.82, 2.24) is 9.80 Å². The normalized spacial score (nSPS) is 20.6. The van der Waals surface area contributed by atoms with Crippen LogP contribution in [0.25, 0.3) is 0 Å². The van der Waals surface area contributed by atoms with Crippen LogP contribution in [0, 0.1) is 0 Å². The summed E-state index contributed by atoms with van der Waals surface area (Å²) >= 11 is 0. The van der Waals surface area contributed by atoms with E-state index in [9.17, 15) is 14.7 Å². The molecule has 0 spiro atoms. The van der Waals surface area contributed by atoms with Crippen molar-refractivity contribution in [2.24, 2.45) is 5.73 Å². The van der Waals surface area contributed by atoms with E-state index in [1.165, 1.54) is 6.07 Å². The third-order valence-corrected chi connectivity index (χ3v) is 4.91.